The molecule has 0 fully saturated rings. The normalized spacial score (nSPS) is 10.7. The van der Waals surface area contributed by atoms with Gasteiger partial charge in [-0.25, -0.2) is 4.68 Å². The Kier molecular flexibility index (Phi) is 4.36. The number of nitrogens with zero attached hydrogens (tertiary/aromatic N) is 2. The number of rotatable bonds is 4. The second kappa shape index (κ2) is 6.42. The summed E-state index contributed by atoms with van der Waals surface area (Å²) < 4.78 is 7.07. The molecule has 0 aliphatic carbocycles. The molecule has 0 saturated carbocycles. The van der Waals surface area contributed by atoms with Crippen molar-refractivity contribution in [3.8, 4) is 22.7 Å². The third-order valence-corrected chi connectivity index (χ3v) is 3.88. The van der Waals surface area contributed by atoms with Crippen LogP contribution in [0, 0.1) is 0 Å². The van der Waals surface area contributed by atoms with Gasteiger partial charge in [0.25, 0.3) is 0 Å². The molecule has 0 amide bonds. The fourth-order valence-corrected chi connectivity index (χ4v) is 2.50. The zero-order chi connectivity index (χ0) is 15.5. The van der Waals surface area contributed by atoms with Gasteiger partial charge in [0.2, 0.25) is 0 Å². The van der Waals surface area contributed by atoms with Crippen molar-refractivity contribution in [1.29, 1.82) is 0 Å². The summed E-state index contributed by atoms with van der Waals surface area (Å²) in [6.07, 6.45) is 0. The lowest BCUT2D eigenvalue weighted by Gasteiger charge is -2.08. The van der Waals surface area contributed by atoms with E-state index in [1.165, 1.54) is 0 Å². The molecule has 3 nitrogen and oxygen atoms in total. The van der Waals surface area contributed by atoms with Gasteiger partial charge in [-0.15, -0.1) is 11.6 Å². The van der Waals surface area contributed by atoms with Gasteiger partial charge in [-0.05, 0) is 42.5 Å². The molecule has 0 bridgehead atoms. The number of benzene rings is 2. The lowest BCUT2D eigenvalue weighted by molar-refractivity contribution is 0.414. The third-order valence-electron chi connectivity index (χ3n) is 3.35. The average Bonchev–Trinajstić information content (AvgIpc) is 3.00. The van der Waals surface area contributed by atoms with E-state index >= 15 is 0 Å². The first-order chi connectivity index (χ1) is 10.7. The molecule has 1 aromatic heterocycles. The maximum absolute atomic E-state index is 5.96. The van der Waals surface area contributed by atoms with E-state index in [1.54, 1.807) is 7.11 Å². The van der Waals surface area contributed by atoms with Crippen molar-refractivity contribution in [2.75, 3.05) is 7.11 Å². The highest BCUT2D eigenvalue weighted by molar-refractivity contribution is 6.30. The van der Waals surface area contributed by atoms with Crippen LogP contribution in [-0.2, 0) is 5.88 Å². The van der Waals surface area contributed by atoms with Crippen LogP contribution >= 0.6 is 23.2 Å². The SMILES string of the molecule is COc1ccc(-n2nc(CCl)cc2-c2ccc(Cl)cc2)cc1. The van der Waals surface area contributed by atoms with Gasteiger partial charge in [-0.3, -0.25) is 0 Å². The van der Waals surface area contributed by atoms with Crippen LogP contribution in [0.5, 0.6) is 5.75 Å². The number of hydrogen-bond acceptors (Lipinski definition) is 2. The lowest BCUT2D eigenvalue weighted by atomic mass is 10.1. The summed E-state index contributed by atoms with van der Waals surface area (Å²) in [6.45, 7) is 0. The molecule has 0 aliphatic heterocycles. The van der Waals surface area contributed by atoms with E-state index in [0.29, 0.717) is 10.9 Å². The first-order valence-electron chi connectivity index (χ1n) is 6.76. The molecule has 0 atom stereocenters. The standard InChI is InChI=1S/C17H14Cl2N2O/c1-22-16-8-6-15(7-9-16)21-17(10-14(11-18)20-21)12-2-4-13(19)5-3-12/h2-10H,11H2,1H3. The molecule has 3 rings (SSSR count). The molecule has 0 radical (unpaired) electrons. The van der Waals surface area contributed by atoms with Gasteiger partial charge in [0.15, 0.2) is 0 Å². The van der Waals surface area contributed by atoms with Gasteiger partial charge >= 0.3 is 0 Å². The summed E-state index contributed by atoms with van der Waals surface area (Å²) >= 11 is 11.9. The largest absolute Gasteiger partial charge is 0.497 e. The van der Waals surface area contributed by atoms with Gasteiger partial charge in [-0.2, -0.15) is 5.10 Å². The highest BCUT2D eigenvalue weighted by atomic mass is 35.5. The number of ether oxygens (including phenoxy) is 1. The molecule has 2 aromatic carbocycles. The third kappa shape index (κ3) is 2.96. The highest BCUT2D eigenvalue weighted by Gasteiger charge is 2.11. The monoisotopic (exact) mass is 332 g/mol. The zero-order valence-electron chi connectivity index (χ0n) is 12.0. The van der Waals surface area contributed by atoms with Crippen LogP contribution in [0.15, 0.2) is 54.6 Å². The quantitative estimate of drug-likeness (QED) is 0.632. The lowest BCUT2D eigenvalue weighted by Crippen LogP contribution is -1.99. The van der Waals surface area contributed by atoms with E-state index in [0.717, 1.165) is 28.4 Å². The van der Waals surface area contributed by atoms with Crippen LogP contribution < -0.4 is 4.74 Å². The van der Waals surface area contributed by atoms with Crippen molar-refractivity contribution in [2.24, 2.45) is 0 Å². The van der Waals surface area contributed by atoms with Crippen molar-refractivity contribution in [3.63, 3.8) is 0 Å². The first kappa shape index (κ1) is 14.9. The molecule has 0 saturated heterocycles. The van der Waals surface area contributed by atoms with Crippen LogP contribution in [0.4, 0.5) is 0 Å². The Morgan fingerprint density at radius 1 is 1.05 bits per heavy atom. The van der Waals surface area contributed by atoms with E-state index < -0.39 is 0 Å². The number of halogens is 2. The molecule has 0 aliphatic rings. The zero-order valence-corrected chi connectivity index (χ0v) is 13.5. The van der Waals surface area contributed by atoms with E-state index in [-0.39, 0.29) is 0 Å². The van der Waals surface area contributed by atoms with Crippen LogP contribution in [-0.4, -0.2) is 16.9 Å². The molecule has 0 unspecified atom stereocenters. The smallest absolute Gasteiger partial charge is 0.119 e. The first-order valence-corrected chi connectivity index (χ1v) is 7.68. The second-order valence-electron chi connectivity index (χ2n) is 4.77. The van der Waals surface area contributed by atoms with Gasteiger partial charge in [0.1, 0.15) is 5.75 Å². The van der Waals surface area contributed by atoms with Gasteiger partial charge in [0, 0.05) is 10.6 Å². The van der Waals surface area contributed by atoms with Crippen molar-refractivity contribution in [2.45, 2.75) is 5.88 Å². The Bertz CT molecular complexity index is 764. The minimum absolute atomic E-state index is 0.365. The molecule has 5 heteroatoms. The molecular formula is C17H14Cl2N2O. The van der Waals surface area contributed by atoms with Gasteiger partial charge in [-0.1, -0.05) is 23.7 Å². The molecular weight excluding hydrogens is 319 g/mol. The van der Waals surface area contributed by atoms with Gasteiger partial charge < -0.3 is 4.74 Å². The average molecular weight is 333 g/mol. The molecule has 112 valence electrons. The molecule has 1 heterocycles. The van der Waals surface area contributed by atoms with Crippen LogP contribution in [0.2, 0.25) is 5.02 Å². The fourth-order valence-electron chi connectivity index (χ4n) is 2.24. The summed E-state index contributed by atoms with van der Waals surface area (Å²) in [6, 6.07) is 17.4. The highest BCUT2D eigenvalue weighted by Crippen LogP contribution is 2.26. The maximum atomic E-state index is 5.96. The predicted molar refractivity (Wildman–Crippen MR) is 90.1 cm³/mol. The topological polar surface area (TPSA) is 27.1 Å². The minimum atomic E-state index is 0.365. The summed E-state index contributed by atoms with van der Waals surface area (Å²) in [5.41, 5.74) is 3.77. The Hall–Kier alpha value is -1.97. The van der Waals surface area contributed by atoms with Crippen LogP contribution in [0.25, 0.3) is 16.9 Å². The number of aromatic nitrogens is 2. The van der Waals surface area contributed by atoms with Crippen molar-refractivity contribution in [1.82, 2.24) is 9.78 Å². The molecule has 3 aromatic rings. The molecule has 22 heavy (non-hydrogen) atoms. The van der Waals surface area contributed by atoms with Crippen LogP contribution in [0.1, 0.15) is 5.69 Å². The van der Waals surface area contributed by atoms with E-state index in [2.05, 4.69) is 5.10 Å². The Morgan fingerprint density at radius 2 is 1.73 bits per heavy atom. The van der Waals surface area contributed by atoms with Gasteiger partial charge in [0.05, 0.1) is 30.1 Å². The molecule has 0 N–H and O–H groups in total. The minimum Gasteiger partial charge on any atom is -0.497 e. The second-order valence-corrected chi connectivity index (χ2v) is 5.47. The van der Waals surface area contributed by atoms with Crippen molar-refractivity contribution >= 4 is 23.2 Å². The van der Waals surface area contributed by atoms with Crippen molar-refractivity contribution in [3.05, 3.63) is 65.3 Å². The molecule has 0 spiro atoms. The Balaban J connectivity index is 2.09. The number of methoxy groups -OCH3 is 1. The summed E-state index contributed by atoms with van der Waals surface area (Å²) in [7, 11) is 1.65. The van der Waals surface area contributed by atoms with Crippen molar-refractivity contribution < 1.29 is 4.74 Å². The predicted octanol–water partition coefficient (Wildman–Crippen LogP) is 4.94. The Morgan fingerprint density at radius 3 is 2.32 bits per heavy atom. The van der Waals surface area contributed by atoms with Crippen LogP contribution in [0.3, 0.4) is 0 Å². The summed E-state index contributed by atoms with van der Waals surface area (Å²) in [5.74, 6) is 1.17. The maximum Gasteiger partial charge on any atom is 0.119 e. The fraction of sp³-hybridized carbons (Fsp3) is 0.118. The summed E-state index contributed by atoms with van der Waals surface area (Å²) in [5, 5.41) is 5.27. The number of alkyl halides is 1. The Labute approximate surface area is 139 Å². The summed E-state index contributed by atoms with van der Waals surface area (Å²) in [4.78, 5) is 0. The van der Waals surface area contributed by atoms with E-state index in [9.17, 15) is 0 Å². The van der Waals surface area contributed by atoms with E-state index in [4.69, 9.17) is 27.9 Å². The number of hydrogen-bond donors (Lipinski definition) is 0. The van der Waals surface area contributed by atoms with E-state index in [1.807, 2.05) is 59.3 Å².